The average molecular weight is 373 g/mol. The molecule has 1 atom stereocenters. The second kappa shape index (κ2) is 6.24. The lowest BCUT2D eigenvalue weighted by Gasteiger charge is -2.33. The van der Waals surface area contributed by atoms with Crippen LogP contribution in [0.3, 0.4) is 0 Å². The highest BCUT2D eigenvalue weighted by molar-refractivity contribution is 9.10. The lowest BCUT2D eigenvalue weighted by atomic mass is 9.69. The average Bonchev–Trinajstić information content (AvgIpc) is 2.47. The van der Waals surface area contributed by atoms with Crippen LogP contribution in [0.5, 0.6) is 0 Å². The number of Topliss-reactive ketones (excluding diaryl/α,β-unsaturated/α-hetero) is 1. The highest BCUT2D eigenvalue weighted by atomic mass is 79.9. The number of carbonyl (C=O) groups excluding carboxylic acids is 1. The smallest absolute Gasteiger partial charge is 0.185 e. The van der Waals surface area contributed by atoms with Crippen LogP contribution in [0.25, 0.3) is 0 Å². The molecule has 1 aliphatic carbocycles. The van der Waals surface area contributed by atoms with Crippen LogP contribution in [0.15, 0.2) is 64.7 Å². The topological polar surface area (TPSA) is 17.1 Å². The van der Waals surface area contributed by atoms with Gasteiger partial charge in [-0.3, -0.25) is 4.79 Å². The van der Waals surface area contributed by atoms with Crippen LogP contribution < -0.4 is 0 Å². The summed E-state index contributed by atoms with van der Waals surface area (Å²) in [6.45, 7) is 14.3. The van der Waals surface area contributed by atoms with Crippen molar-refractivity contribution in [1.29, 1.82) is 0 Å². The maximum Gasteiger partial charge on any atom is 0.185 e. The van der Waals surface area contributed by atoms with E-state index in [0.29, 0.717) is 0 Å². The van der Waals surface area contributed by atoms with Gasteiger partial charge in [0, 0.05) is 27.0 Å². The summed E-state index contributed by atoms with van der Waals surface area (Å²) >= 11 is 3.48. The van der Waals surface area contributed by atoms with E-state index in [-0.39, 0.29) is 22.5 Å². The molecule has 2 rings (SSSR count). The van der Waals surface area contributed by atoms with E-state index in [2.05, 4.69) is 67.6 Å². The van der Waals surface area contributed by atoms with E-state index < -0.39 is 0 Å². The molecular formula is C21H25BrO. The second-order valence-electron chi connectivity index (χ2n) is 7.74. The van der Waals surface area contributed by atoms with Gasteiger partial charge in [-0.05, 0) is 23.1 Å². The van der Waals surface area contributed by atoms with Crippen molar-refractivity contribution in [2.24, 2.45) is 10.8 Å². The molecule has 1 nitrogen and oxygen atoms in total. The molecule has 0 radical (unpaired) electrons. The predicted molar refractivity (Wildman–Crippen MR) is 101 cm³/mol. The molecule has 1 aromatic carbocycles. The molecule has 0 aromatic heterocycles. The van der Waals surface area contributed by atoms with E-state index >= 15 is 0 Å². The quantitative estimate of drug-likeness (QED) is 0.574. The minimum absolute atomic E-state index is 0.115. The first kappa shape index (κ1) is 17.9. The molecule has 1 unspecified atom stereocenters. The number of hydrogen-bond donors (Lipinski definition) is 0. The molecule has 1 aliphatic rings. The van der Waals surface area contributed by atoms with Crippen LogP contribution in [0.1, 0.15) is 46.1 Å². The normalized spacial score (nSPS) is 19.2. The summed E-state index contributed by atoms with van der Waals surface area (Å²) < 4.78 is 1.06. The summed E-state index contributed by atoms with van der Waals surface area (Å²) in [6, 6.07) is 8.30. The van der Waals surface area contributed by atoms with Gasteiger partial charge in [-0.25, -0.2) is 0 Å². The fourth-order valence-corrected chi connectivity index (χ4v) is 3.05. The number of allylic oxidation sites excluding steroid dienone is 5. The van der Waals surface area contributed by atoms with Gasteiger partial charge in [0.15, 0.2) is 5.78 Å². The maximum atomic E-state index is 13.0. The summed E-state index contributed by atoms with van der Waals surface area (Å²) in [5.74, 6) is 0.264. The first-order valence-corrected chi connectivity index (χ1v) is 8.74. The minimum atomic E-state index is -0.338. The van der Waals surface area contributed by atoms with E-state index in [1.807, 2.05) is 32.1 Å². The first-order chi connectivity index (χ1) is 10.6. The number of rotatable bonds is 3. The molecule has 0 saturated carbocycles. The molecule has 0 spiro atoms. The van der Waals surface area contributed by atoms with Crippen LogP contribution in [0, 0.1) is 10.8 Å². The van der Waals surface area contributed by atoms with Crippen molar-refractivity contribution in [2.45, 2.75) is 40.5 Å². The Bertz CT molecular complexity index is 682. The monoisotopic (exact) mass is 372 g/mol. The third kappa shape index (κ3) is 3.74. The lowest BCUT2D eigenvalue weighted by molar-refractivity contribution is -0.114. The third-order valence-electron chi connectivity index (χ3n) is 4.45. The Morgan fingerprint density at radius 1 is 1.00 bits per heavy atom. The van der Waals surface area contributed by atoms with E-state index in [1.54, 1.807) is 0 Å². The van der Waals surface area contributed by atoms with E-state index in [9.17, 15) is 4.79 Å². The Balaban J connectivity index is 2.59. The molecule has 1 aromatic rings. The van der Waals surface area contributed by atoms with Crippen LogP contribution >= 0.6 is 15.9 Å². The summed E-state index contributed by atoms with van der Waals surface area (Å²) in [6.07, 6.45) is 6.08. The standard InChI is InChI=1S/C21H25BrO/c1-7-21(5,6)18-13-15(14-8-10-16(22)11-9-14)12-17(19(18)23)20(2,3)4/h7-13,15H,1H2,2-6H3. The van der Waals surface area contributed by atoms with Gasteiger partial charge in [0.1, 0.15) is 0 Å². The Kier molecular flexibility index (Phi) is 4.86. The van der Waals surface area contributed by atoms with Crippen LogP contribution in [-0.4, -0.2) is 5.78 Å². The van der Waals surface area contributed by atoms with Crippen molar-refractivity contribution in [1.82, 2.24) is 0 Å². The number of carbonyl (C=O) groups is 1. The van der Waals surface area contributed by atoms with Gasteiger partial charge < -0.3 is 0 Å². The van der Waals surface area contributed by atoms with Crippen LogP contribution in [0.4, 0.5) is 0 Å². The Labute approximate surface area is 148 Å². The van der Waals surface area contributed by atoms with Crippen LogP contribution in [0.2, 0.25) is 0 Å². The Morgan fingerprint density at radius 2 is 1.52 bits per heavy atom. The SMILES string of the molecule is C=CC(C)(C)C1=CC(c2ccc(Br)cc2)C=C(C(C)(C)C)C1=O. The van der Waals surface area contributed by atoms with Gasteiger partial charge in [0.25, 0.3) is 0 Å². The van der Waals surface area contributed by atoms with E-state index in [1.165, 1.54) is 5.56 Å². The second-order valence-corrected chi connectivity index (χ2v) is 8.66. The highest BCUT2D eigenvalue weighted by Gasteiger charge is 2.36. The van der Waals surface area contributed by atoms with Gasteiger partial charge in [-0.1, -0.05) is 80.9 Å². The van der Waals surface area contributed by atoms with Crippen molar-refractivity contribution < 1.29 is 4.79 Å². The molecular weight excluding hydrogens is 348 g/mol. The fraction of sp³-hybridized carbons (Fsp3) is 0.381. The van der Waals surface area contributed by atoms with E-state index in [0.717, 1.165) is 15.6 Å². The van der Waals surface area contributed by atoms with Gasteiger partial charge in [-0.2, -0.15) is 0 Å². The molecule has 0 N–H and O–H groups in total. The Morgan fingerprint density at radius 3 is 2.00 bits per heavy atom. The highest BCUT2D eigenvalue weighted by Crippen LogP contribution is 2.42. The first-order valence-electron chi connectivity index (χ1n) is 7.94. The molecule has 0 fully saturated rings. The fourth-order valence-electron chi connectivity index (χ4n) is 2.79. The molecule has 0 amide bonds. The van der Waals surface area contributed by atoms with Gasteiger partial charge in [-0.15, -0.1) is 6.58 Å². The van der Waals surface area contributed by atoms with Gasteiger partial charge in [0.2, 0.25) is 0 Å². The van der Waals surface area contributed by atoms with Crippen LogP contribution in [-0.2, 0) is 4.79 Å². The molecule has 0 aliphatic heterocycles. The van der Waals surface area contributed by atoms with Crippen molar-refractivity contribution in [3.05, 3.63) is 70.3 Å². The summed E-state index contributed by atoms with van der Waals surface area (Å²) in [5, 5.41) is 0. The number of hydrogen-bond acceptors (Lipinski definition) is 1. The largest absolute Gasteiger partial charge is 0.289 e. The minimum Gasteiger partial charge on any atom is -0.289 e. The molecule has 2 heteroatoms. The van der Waals surface area contributed by atoms with E-state index in [4.69, 9.17) is 0 Å². The summed E-state index contributed by atoms with van der Waals surface area (Å²) in [7, 11) is 0. The number of benzene rings is 1. The molecule has 0 bridgehead atoms. The Hall–Kier alpha value is -1.41. The molecule has 122 valence electrons. The number of ketones is 1. The summed E-state index contributed by atoms with van der Waals surface area (Å²) in [4.78, 5) is 13.0. The van der Waals surface area contributed by atoms with Crippen molar-refractivity contribution in [3.63, 3.8) is 0 Å². The third-order valence-corrected chi connectivity index (χ3v) is 4.98. The lowest BCUT2D eigenvalue weighted by Crippen LogP contribution is -2.29. The van der Waals surface area contributed by atoms with Crippen molar-refractivity contribution >= 4 is 21.7 Å². The predicted octanol–water partition coefficient (Wildman–Crippen LogP) is 6.23. The zero-order chi connectivity index (χ0) is 17.4. The van der Waals surface area contributed by atoms with Gasteiger partial charge >= 0.3 is 0 Å². The zero-order valence-electron chi connectivity index (χ0n) is 14.6. The number of halogens is 1. The summed E-state index contributed by atoms with van der Waals surface area (Å²) in [5.41, 5.74) is 2.40. The van der Waals surface area contributed by atoms with Crippen molar-refractivity contribution in [2.75, 3.05) is 0 Å². The van der Waals surface area contributed by atoms with Crippen molar-refractivity contribution in [3.8, 4) is 0 Å². The zero-order valence-corrected chi connectivity index (χ0v) is 16.2. The molecule has 0 heterocycles. The molecule has 0 saturated heterocycles. The maximum absolute atomic E-state index is 13.0. The van der Waals surface area contributed by atoms with Gasteiger partial charge in [0.05, 0.1) is 0 Å². The molecule has 23 heavy (non-hydrogen) atoms.